The molecule has 2 aliphatic heterocycles. The number of ether oxygens (including phenoxy) is 1. The highest BCUT2D eigenvalue weighted by Crippen LogP contribution is 2.41. The molecule has 0 radical (unpaired) electrons. The van der Waals surface area contributed by atoms with Crippen molar-refractivity contribution in [3.05, 3.63) is 62.7 Å². The van der Waals surface area contributed by atoms with E-state index >= 15 is 0 Å². The molecule has 3 aromatic heterocycles. The van der Waals surface area contributed by atoms with Crippen LogP contribution in [0, 0.1) is 5.82 Å². The number of aromatic hydroxyl groups is 1. The number of aromatic nitrogens is 6. The molecule has 0 unspecified atom stereocenters. The van der Waals surface area contributed by atoms with Gasteiger partial charge in [-0.2, -0.15) is 27.8 Å². The molecule has 4 aromatic rings. The molecule has 2 N–H and O–H groups in total. The van der Waals surface area contributed by atoms with E-state index in [9.17, 15) is 32.3 Å². The topological polar surface area (TPSA) is 135 Å². The van der Waals surface area contributed by atoms with Gasteiger partial charge in [0.05, 0.1) is 47.4 Å². The van der Waals surface area contributed by atoms with Crippen LogP contribution < -0.4 is 20.7 Å². The van der Waals surface area contributed by atoms with Crippen LogP contribution in [0.5, 0.6) is 5.88 Å². The van der Waals surface area contributed by atoms with Crippen LogP contribution in [0.15, 0.2) is 29.2 Å². The van der Waals surface area contributed by atoms with Crippen molar-refractivity contribution in [2.45, 2.75) is 64.3 Å². The molecule has 1 atom stereocenters. The Balaban J connectivity index is 1.25. The Bertz CT molecular complexity index is 2070. The van der Waals surface area contributed by atoms with Gasteiger partial charge in [-0.1, -0.05) is 24.6 Å². The van der Waals surface area contributed by atoms with Crippen LogP contribution in [-0.4, -0.2) is 78.8 Å². The molecule has 266 valence electrons. The van der Waals surface area contributed by atoms with E-state index in [0.717, 1.165) is 22.9 Å². The lowest BCUT2D eigenvalue weighted by Gasteiger charge is -2.42. The number of alkyl halides is 3. The normalized spacial score (nSPS) is 18.5. The number of benzene rings is 1. The third-order valence-corrected chi connectivity index (χ3v) is 9.56. The molecule has 0 bridgehead atoms. The number of nitrogens with zero attached hydrogens (tertiary/aromatic N) is 8. The third kappa shape index (κ3) is 6.16. The fourth-order valence-electron chi connectivity index (χ4n) is 6.64. The second kappa shape index (κ2) is 12.9. The van der Waals surface area contributed by atoms with Crippen LogP contribution in [0.4, 0.5) is 34.6 Å². The van der Waals surface area contributed by atoms with Crippen LogP contribution in [0.3, 0.4) is 0 Å². The minimum Gasteiger partial charge on any atom is -0.492 e. The number of hydrogen-bond donors (Lipinski definition) is 2. The molecule has 1 amide bonds. The number of anilines is 3. The van der Waals surface area contributed by atoms with Crippen LogP contribution in [0.25, 0.3) is 11.4 Å². The Labute approximate surface area is 287 Å². The number of halogens is 5. The Hall–Kier alpha value is -4.64. The molecule has 0 spiro atoms. The maximum absolute atomic E-state index is 14.4. The lowest BCUT2D eigenvalue weighted by Crippen LogP contribution is -2.54. The van der Waals surface area contributed by atoms with Gasteiger partial charge in [-0.15, -0.1) is 5.10 Å². The summed E-state index contributed by atoms with van der Waals surface area (Å²) in [5.41, 5.74) is -0.146. The van der Waals surface area contributed by atoms with Gasteiger partial charge in [0.1, 0.15) is 23.7 Å². The van der Waals surface area contributed by atoms with E-state index in [1.54, 1.807) is 15.4 Å². The van der Waals surface area contributed by atoms with Crippen molar-refractivity contribution >= 4 is 45.9 Å². The Kier molecular flexibility index (Phi) is 8.74. The van der Waals surface area contributed by atoms with Crippen molar-refractivity contribution in [1.29, 1.82) is 0 Å². The Morgan fingerprint density at radius 1 is 1.22 bits per heavy atom. The maximum Gasteiger partial charge on any atom is 0.419 e. The van der Waals surface area contributed by atoms with E-state index in [1.165, 1.54) is 0 Å². The fourth-order valence-corrected chi connectivity index (χ4v) is 6.85. The highest BCUT2D eigenvalue weighted by Gasteiger charge is 2.36. The monoisotopic (exact) mass is 719 g/mol. The number of piperazine rings is 1. The summed E-state index contributed by atoms with van der Waals surface area (Å²) in [4.78, 5) is 36.4. The number of nitrogens with one attached hydrogen (secondary N) is 1. The molecule has 1 saturated heterocycles. The second-order valence-corrected chi connectivity index (χ2v) is 13.0. The van der Waals surface area contributed by atoms with Crippen LogP contribution >= 0.6 is 11.6 Å². The number of fused-ring (bicyclic) bond motifs is 1. The molecule has 18 heteroatoms. The molecule has 1 saturated carbocycles. The lowest BCUT2D eigenvalue weighted by atomic mass is 10.1. The largest absolute Gasteiger partial charge is 0.492 e. The van der Waals surface area contributed by atoms with Gasteiger partial charge in [0.2, 0.25) is 17.6 Å². The minimum atomic E-state index is -4.97. The Morgan fingerprint density at radius 3 is 2.66 bits per heavy atom. The summed E-state index contributed by atoms with van der Waals surface area (Å²) in [6, 6.07) is 0.992. The summed E-state index contributed by atoms with van der Waals surface area (Å²) in [7, 11) is 0. The zero-order valence-corrected chi connectivity index (χ0v) is 27.9. The van der Waals surface area contributed by atoms with Crippen molar-refractivity contribution in [3.63, 3.8) is 0 Å². The fraction of sp³-hybridized carbons (Fsp3) is 0.469. The second-order valence-electron chi connectivity index (χ2n) is 12.6. The first-order valence-corrected chi connectivity index (χ1v) is 16.7. The van der Waals surface area contributed by atoms with E-state index < -0.39 is 40.6 Å². The zero-order valence-electron chi connectivity index (χ0n) is 27.2. The predicted octanol–water partition coefficient (Wildman–Crippen LogP) is 4.66. The lowest BCUT2D eigenvalue weighted by molar-refractivity contribution is -0.140. The Morgan fingerprint density at radius 2 is 2.00 bits per heavy atom. The molecule has 7 rings (SSSR count). The number of amides is 1. The first kappa shape index (κ1) is 33.8. The number of hydrogen-bond acceptors (Lipinski definition) is 9. The molecular formula is C32H34ClF4N9O4. The van der Waals surface area contributed by atoms with Gasteiger partial charge in [-0.05, 0) is 50.3 Å². The molecule has 2 fully saturated rings. The van der Waals surface area contributed by atoms with Gasteiger partial charge in [0.25, 0.3) is 5.56 Å². The van der Waals surface area contributed by atoms with Crippen LogP contribution in [0.1, 0.15) is 56.2 Å². The number of carbonyl (C=O) groups excluding carboxylic acids is 1. The molecule has 3 aliphatic rings. The van der Waals surface area contributed by atoms with Gasteiger partial charge < -0.3 is 29.5 Å². The summed E-state index contributed by atoms with van der Waals surface area (Å²) in [6.45, 7) is 5.40. The quantitative estimate of drug-likeness (QED) is 0.250. The summed E-state index contributed by atoms with van der Waals surface area (Å²) in [6.07, 6.45) is 1.25. The van der Waals surface area contributed by atoms with Gasteiger partial charge in [0.15, 0.2) is 5.82 Å². The van der Waals surface area contributed by atoms with Gasteiger partial charge in [0, 0.05) is 25.7 Å². The van der Waals surface area contributed by atoms with E-state index in [2.05, 4.69) is 20.5 Å². The average Bonchev–Trinajstić information content (AvgIpc) is 3.70. The van der Waals surface area contributed by atoms with Crippen molar-refractivity contribution in [2.24, 2.45) is 0 Å². The highest BCUT2D eigenvalue weighted by molar-refractivity contribution is 6.33. The van der Waals surface area contributed by atoms with E-state index in [1.807, 2.05) is 29.7 Å². The summed E-state index contributed by atoms with van der Waals surface area (Å²) in [5.74, 6) is -1.83. The van der Waals surface area contributed by atoms with Gasteiger partial charge >= 0.3 is 6.18 Å². The molecule has 13 nitrogen and oxygen atoms in total. The first-order valence-electron chi connectivity index (χ1n) is 16.3. The molecule has 5 heterocycles. The van der Waals surface area contributed by atoms with Gasteiger partial charge in [-0.25, -0.2) is 9.07 Å². The smallest absolute Gasteiger partial charge is 0.419 e. The van der Waals surface area contributed by atoms with Crippen LogP contribution in [-0.2, 0) is 28.7 Å². The average molecular weight is 720 g/mol. The van der Waals surface area contributed by atoms with Crippen molar-refractivity contribution in [1.82, 2.24) is 28.9 Å². The number of carbonyl (C=O) groups is 1. The first-order chi connectivity index (χ1) is 23.8. The van der Waals surface area contributed by atoms with Crippen molar-refractivity contribution in [2.75, 3.05) is 48.0 Å². The summed E-state index contributed by atoms with van der Waals surface area (Å²) in [5, 5.41) is 21.8. The molecular weight excluding hydrogens is 686 g/mol. The number of rotatable bonds is 8. The van der Waals surface area contributed by atoms with Crippen LogP contribution in [0.2, 0.25) is 5.02 Å². The van der Waals surface area contributed by atoms with Crippen molar-refractivity contribution < 1.29 is 32.2 Å². The third-order valence-electron chi connectivity index (χ3n) is 9.25. The molecule has 50 heavy (non-hydrogen) atoms. The zero-order chi connectivity index (χ0) is 35.5. The van der Waals surface area contributed by atoms with E-state index in [0.29, 0.717) is 80.7 Å². The SMILES string of the molecule is CCc1c(N2CCN(c3cnn(C4CC4)c3O)[C@H](C)C2)c(=O)n2nc(C3=CCOCC3)nc2n1CC(=O)Nc1cc(F)c(C(F)(F)F)cc1Cl. The van der Waals surface area contributed by atoms with Crippen molar-refractivity contribution in [3.8, 4) is 5.88 Å². The van der Waals surface area contributed by atoms with Gasteiger partial charge in [-0.3, -0.25) is 9.59 Å². The molecule has 1 aromatic carbocycles. The summed E-state index contributed by atoms with van der Waals surface area (Å²) >= 11 is 6.04. The maximum atomic E-state index is 14.4. The molecule has 1 aliphatic carbocycles. The van der Waals surface area contributed by atoms with E-state index in [-0.39, 0.29) is 29.4 Å². The summed E-state index contributed by atoms with van der Waals surface area (Å²) < 4.78 is 63.8. The predicted molar refractivity (Wildman–Crippen MR) is 176 cm³/mol. The minimum absolute atomic E-state index is 0.0851. The standard InChI is InChI=1S/C32H34ClF4N9O4/c1-3-24-27(42-8-9-43(17(2)15-42)25-14-38-45(29(25)48)19-4-5-19)30(49)46-31(40-28(41-46)18-6-10-50-11-7-18)44(24)16-26(47)39-23-13-22(34)20(12-21(23)33)32(35,36)37/h6,12-14,17,19,48H,3-5,7-11,15-16H2,1-2H3,(H,39,47)/t17-/m1/s1. The highest BCUT2D eigenvalue weighted by atomic mass is 35.5. The van der Waals surface area contributed by atoms with E-state index in [4.69, 9.17) is 16.3 Å².